The molecular formula is C24H19F2N7O2. The highest BCUT2D eigenvalue weighted by Gasteiger charge is 2.52. The molecule has 0 aliphatic carbocycles. The number of amides is 1. The molecule has 1 unspecified atom stereocenters. The maximum Gasteiger partial charge on any atom is 0.244 e. The van der Waals surface area contributed by atoms with Crippen LogP contribution in [0.5, 0.6) is 0 Å². The van der Waals surface area contributed by atoms with Crippen LogP contribution < -0.4 is 11.1 Å². The fourth-order valence-electron chi connectivity index (χ4n) is 4.41. The molecule has 0 radical (unpaired) electrons. The Kier molecular flexibility index (Phi) is 5.12. The lowest BCUT2D eigenvalue weighted by molar-refractivity contribution is -0.131. The molecular weight excluding hydrogens is 456 g/mol. The van der Waals surface area contributed by atoms with Crippen molar-refractivity contribution in [2.45, 2.75) is 25.3 Å². The molecule has 1 aliphatic heterocycles. The molecule has 1 aliphatic rings. The number of rotatable bonds is 6. The number of carbonyl (C=O) groups is 2. The van der Waals surface area contributed by atoms with Gasteiger partial charge in [0.25, 0.3) is 0 Å². The first-order valence-electron chi connectivity index (χ1n) is 10.6. The maximum atomic E-state index is 14.3. The Labute approximate surface area is 197 Å². The summed E-state index contributed by atoms with van der Waals surface area (Å²) >= 11 is 0. The quantitative estimate of drug-likeness (QED) is 0.324. The van der Waals surface area contributed by atoms with E-state index in [9.17, 15) is 18.4 Å². The van der Waals surface area contributed by atoms with Crippen LogP contribution >= 0.6 is 0 Å². The number of hydrogen-bond acceptors (Lipinski definition) is 7. The van der Waals surface area contributed by atoms with Gasteiger partial charge in [-0.25, -0.2) is 28.4 Å². The van der Waals surface area contributed by atoms with Gasteiger partial charge in [-0.3, -0.25) is 9.59 Å². The standard InChI is InChI=1S/C24H19F2N7O2/c1-3-8-24(12(2)34)17-19(27)29-21(30-20(17)31-23(24)35)18-15-9-14(25)10-28-22(15)33(32-18)11-13-6-4-5-7-16(13)26/h3-7,9-10H,1,8,11H2,2H3,(H3,27,29,30,31,35). The molecule has 11 heteroatoms. The van der Waals surface area contributed by atoms with Crippen LogP contribution in [0.2, 0.25) is 0 Å². The first-order chi connectivity index (χ1) is 16.8. The van der Waals surface area contributed by atoms with Gasteiger partial charge in [-0.1, -0.05) is 24.3 Å². The predicted octanol–water partition coefficient (Wildman–Crippen LogP) is 3.15. The number of carbonyl (C=O) groups excluding carboxylic acids is 2. The minimum atomic E-state index is -1.58. The van der Waals surface area contributed by atoms with Crippen molar-refractivity contribution in [3.63, 3.8) is 0 Å². The molecule has 0 saturated carbocycles. The van der Waals surface area contributed by atoms with Crippen molar-refractivity contribution in [2.75, 3.05) is 11.1 Å². The van der Waals surface area contributed by atoms with E-state index in [-0.39, 0.29) is 52.7 Å². The second-order valence-corrected chi connectivity index (χ2v) is 8.19. The molecule has 5 rings (SSSR count). The monoisotopic (exact) mass is 475 g/mol. The van der Waals surface area contributed by atoms with E-state index in [1.54, 1.807) is 18.2 Å². The number of nitrogens with zero attached hydrogens (tertiary/aromatic N) is 5. The molecule has 35 heavy (non-hydrogen) atoms. The van der Waals surface area contributed by atoms with Crippen molar-refractivity contribution in [2.24, 2.45) is 0 Å². The summed E-state index contributed by atoms with van der Waals surface area (Å²) in [5.41, 5.74) is 5.59. The molecule has 3 aromatic heterocycles. The first-order valence-corrected chi connectivity index (χ1v) is 10.6. The summed E-state index contributed by atoms with van der Waals surface area (Å²) in [6, 6.07) is 7.40. The predicted molar refractivity (Wildman–Crippen MR) is 124 cm³/mol. The van der Waals surface area contributed by atoms with Crippen molar-refractivity contribution in [3.05, 3.63) is 71.9 Å². The molecule has 0 bridgehead atoms. The normalized spacial score (nSPS) is 16.8. The molecule has 176 valence electrons. The fraction of sp³-hybridized carbons (Fsp3) is 0.167. The summed E-state index contributed by atoms with van der Waals surface area (Å²) in [4.78, 5) is 38.2. The second kappa shape index (κ2) is 8.05. The van der Waals surface area contributed by atoms with Gasteiger partial charge in [0.05, 0.1) is 23.7 Å². The van der Waals surface area contributed by atoms with E-state index in [2.05, 4.69) is 31.9 Å². The molecule has 4 aromatic rings. The third-order valence-electron chi connectivity index (χ3n) is 6.08. The van der Waals surface area contributed by atoms with Crippen LogP contribution in [0.25, 0.3) is 22.6 Å². The third kappa shape index (κ3) is 3.35. The van der Waals surface area contributed by atoms with E-state index in [1.807, 2.05) is 0 Å². The van der Waals surface area contributed by atoms with Crippen LogP contribution in [0.15, 0.2) is 49.2 Å². The third-order valence-corrected chi connectivity index (χ3v) is 6.08. The van der Waals surface area contributed by atoms with E-state index < -0.39 is 28.7 Å². The Morgan fingerprint density at radius 2 is 2.06 bits per heavy atom. The average molecular weight is 475 g/mol. The summed E-state index contributed by atoms with van der Waals surface area (Å²) in [6.45, 7) is 4.95. The second-order valence-electron chi connectivity index (χ2n) is 8.19. The smallest absolute Gasteiger partial charge is 0.244 e. The first kappa shape index (κ1) is 22.3. The summed E-state index contributed by atoms with van der Waals surface area (Å²) < 4.78 is 29.8. The SMILES string of the molecule is C=CCC1(C(C)=O)C(=O)Nc2nc(-c3nn(Cc4ccccc4F)c4ncc(F)cc34)nc(N)c21. The van der Waals surface area contributed by atoms with Crippen molar-refractivity contribution < 1.29 is 18.4 Å². The van der Waals surface area contributed by atoms with Crippen LogP contribution in [0.1, 0.15) is 24.5 Å². The van der Waals surface area contributed by atoms with Gasteiger partial charge in [-0.15, -0.1) is 6.58 Å². The van der Waals surface area contributed by atoms with Crippen molar-refractivity contribution >= 4 is 34.4 Å². The average Bonchev–Trinajstić information content (AvgIpc) is 3.30. The molecule has 3 N–H and O–H groups in total. The summed E-state index contributed by atoms with van der Waals surface area (Å²) in [6.07, 6.45) is 2.50. The summed E-state index contributed by atoms with van der Waals surface area (Å²) in [7, 11) is 0. The number of benzene rings is 1. The molecule has 9 nitrogen and oxygen atoms in total. The number of pyridine rings is 1. The van der Waals surface area contributed by atoms with Gasteiger partial charge in [0.2, 0.25) is 5.91 Å². The highest BCUT2D eigenvalue weighted by atomic mass is 19.1. The molecule has 1 aromatic carbocycles. The van der Waals surface area contributed by atoms with E-state index >= 15 is 0 Å². The number of fused-ring (bicyclic) bond motifs is 2. The number of anilines is 2. The van der Waals surface area contributed by atoms with Crippen LogP contribution in [-0.2, 0) is 21.5 Å². The summed E-state index contributed by atoms with van der Waals surface area (Å²) in [5, 5.41) is 7.35. The number of ketones is 1. The van der Waals surface area contributed by atoms with Crippen LogP contribution in [0.4, 0.5) is 20.4 Å². The van der Waals surface area contributed by atoms with Crippen LogP contribution in [0.3, 0.4) is 0 Å². The molecule has 0 spiro atoms. The molecule has 1 amide bonds. The Morgan fingerprint density at radius 1 is 1.29 bits per heavy atom. The number of nitrogens with one attached hydrogen (secondary N) is 1. The lowest BCUT2D eigenvalue weighted by atomic mass is 9.76. The zero-order chi connectivity index (χ0) is 24.9. The minimum Gasteiger partial charge on any atom is -0.383 e. The highest BCUT2D eigenvalue weighted by molar-refractivity contribution is 6.21. The minimum absolute atomic E-state index is 0.0100. The fourth-order valence-corrected chi connectivity index (χ4v) is 4.41. The van der Waals surface area contributed by atoms with E-state index in [1.165, 1.54) is 29.8 Å². The Bertz CT molecular complexity index is 1550. The lowest BCUT2D eigenvalue weighted by Gasteiger charge is -2.23. The Balaban J connectivity index is 1.69. The van der Waals surface area contributed by atoms with Gasteiger partial charge in [0.1, 0.15) is 40.2 Å². The van der Waals surface area contributed by atoms with Crippen molar-refractivity contribution in [1.29, 1.82) is 0 Å². The molecule has 0 fully saturated rings. The molecule has 4 heterocycles. The van der Waals surface area contributed by atoms with Gasteiger partial charge < -0.3 is 11.1 Å². The topological polar surface area (TPSA) is 129 Å². The number of nitrogen functional groups attached to an aromatic ring is 1. The lowest BCUT2D eigenvalue weighted by Crippen LogP contribution is -2.41. The highest BCUT2D eigenvalue weighted by Crippen LogP contribution is 2.44. The molecule has 1 atom stereocenters. The Morgan fingerprint density at radius 3 is 2.77 bits per heavy atom. The van der Waals surface area contributed by atoms with Gasteiger partial charge in [0.15, 0.2) is 11.5 Å². The maximum absolute atomic E-state index is 14.3. The zero-order valence-corrected chi connectivity index (χ0v) is 18.5. The van der Waals surface area contributed by atoms with Crippen LogP contribution in [0, 0.1) is 11.6 Å². The van der Waals surface area contributed by atoms with Crippen molar-refractivity contribution in [1.82, 2.24) is 24.7 Å². The van der Waals surface area contributed by atoms with E-state index in [0.717, 1.165) is 6.20 Å². The largest absolute Gasteiger partial charge is 0.383 e. The number of allylic oxidation sites excluding steroid dienone is 1. The van der Waals surface area contributed by atoms with Gasteiger partial charge >= 0.3 is 0 Å². The van der Waals surface area contributed by atoms with E-state index in [0.29, 0.717) is 5.56 Å². The van der Waals surface area contributed by atoms with Gasteiger partial charge in [0, 0.05) is 5.56 Å². The zero-order valence-electron chi connectivity index (χ0n) is 18.5. The van der Waals surface area contributed by atoms with Gasteiger partial charge in [-0.2, -0.15) is 5.10 Å². The van der Waals surface area contributed by atoms with Crippen molar-refractivity contribution in [3.8, 4) is 11.5 Å². The number of halogens is 2. The Hall–Kier alpha value is -4.54. The van der Waals surface area contributed by atoms with Crippen LogP contribution in [-0.4, -0.2) is 36.4 Å². The van der Waals surface area contributed by atoms with E-state index in [4.69, 9.17) is 5.73 Å². The molecule has 0 saturated heterocycles. The number of nitrogens with two attached hydrogens (primary N) is 1. The number of aromatic nitrogens is 5. The number of Topliss-reactive ketones (excluding diaryl/α,β-unsaturated/α-hetero) is 1. The number of hydrogen-bond donors (Lipinski definition) is 2. The summed E-state index contributed by atoms with van der Waals surface area (Å²) in [5.74, 6) is -2.10. The van der Waals surface area contributed by atoms with Gasteiger partial charge in [-0.05, 0) is 25.5 Å².